The van der Waals surface area contributed by atoms with Gasteiger partial charge in [0.1, 0.15) is 4.83 Å². The van der Waals surface area contributed by atoms with Crippen LogP contribution in [0.4, 0.5) is 0 Å². The Hall–Kier alpha value is -1.63. The van der Waals surface area contributed by atoms with Gasteiger partial charge in [-0.3, -0.25) is 9.36 Å². The standard InChI is InChI=1S/C26H34N2O2S2/c1-16-13-18(26(3,4)5)14-17(2)20(16)15-31-25-27-23-22(24(29)28(25)11-12-30-6)19-9-7-8-10-21(19)32-23/h13-14H,7-12,15H2,1-6H3. The highest BCUT2D eigenvalue weighted by atomic mass is 32.2. The second kappa shape index (κ2) is 9.32. The van der Waals surface area contributed by atoms with Crippen molar-refractivity contribution in [3.8, 4) is 0 Å². The molecule has 0 radical (unpaired) electrons. The van der Waals surface area contributed by atoms with E-state index in [2.05, 4.69) is 46.8 Å². The Balaban J connectivity index is 1.72. The topological polar surface area (TPSA) is 44.1 Å². The predicted molar refractivity (Wildman–Crippen MR) is 137 cm³/mol. The van der Waals surface area contributed by atoms with Crippen LogP contribution in [0.2, 0.25) is 0 Å². The van der Waals surface area contributed by atoms with Crippen molar-refractivity contribution >= 4 is 33.3 Å². The minimum atomic E-state index is 0.102. The van der Waals surface area contributed by atoms with E-state index in [0.29, 0.717) is 13.2 Å². The van der Waals surface area contributed by atoms with Crippen molar-refractivity contribution in [2.24, 2.45) is 0 Å². The molecule has 6 heteroatoms. The molecule has 0 N–H and O–H groups in total. The van der Waals surface area contributed by atoms with Crippen LogP contribution in [-0.4, -0.2) is 23.3 Å². The van der Waals surface area contributed by atoms with Crippen LogP contribution < -0.4 is 5.56 Å². The largest absolute Gasteiger partial charge is 0.383 e. The first kappa shape index (κ1) is 23.5. The molecule has 4 nitrogen and oxygen atoms in total. The molecule has 0 fully saturated rings. The molecule has 0 unspecified atom stereocenters. The van der Waals surface area contributed by atoms with Crippen molar-refractivity contribution in [3.05, 3.63) is 55.2 Å². The van der Waals surface area contributed by atoms with Crippen LogP contribution in [0.1, 0.15) is 66.3 Å². The van der Waals surface area contributed by atoms with Crippen LogP contribution in [0, 0.1) is 13.8 Å². The van der Waals surface area contributed by atoms with Gasteiger partial charge in [0, 0.05) is 17.7 Å². The van der Waals surface area contributed by atoms with E-state index in [1.807, 2.05) is 4.57 Å². The number of hydrogen-bond donors (Lipinski definition) is 0. The molecule has 172 valence electrons. The molecule has 0 saturated heterocycles. The maximum Gasteiger partial charge on any atom is 0.263 e. The Bertz CT molecular complexity index is 1180. The molecule has 1 aromatic carbocycles. The SMILES string of the molecule is COCCn1c(SCc2c(C)cc(C(C)(C)C)cc2C)nc2sc3c(c2c1=O)CCCC3. The quantitative estimate of drug-likeness (QED) is 0.318. The lowest BCUT2D eigenvalue weighted by Gasteiger charge is -2.22. The maximum absolute atomic E-state index is 13.5. The van der Waals surface area contributed by atoms with Crippen molar-refractivity contribution in [2.45, 2.75) is 83.2 Å². The fraction of sp³-hybridized carbons (Fsp3) is 0.538. The Kier molecular flexibility index (Phi) is 6.85. The molecule has 4 rings (SSSR count). The van der Waals surface area contributed by atoms with Gasteiger partial charge in [0.25, 0.3) is 5.56 Å². The number of aromatic nitrogens is 2. The van der Waals surface area contributed by atoms with E-state index in [1.165, 1.54) is 39.1 Å². The van der Waals surface area contributed by atoms with Gasteiger partial charge in [0.15, 0.2) is 5.16 Å². The van der Waals surface area contributed by atoms with Crippen molar-refractivity contribution < 1.29 is 4.74 Å². The first-order valence-corrected chi connectivity index (χ1v) is 13.3. The van der Waals surface area contributed by atoms with Gasteiger partial charge in [-0.15, -0.1) is 11.3 Å². The lowest BCUT2D eigenvalue weighted by Crippen LogP contribution is -2.25. The number of hydrogen-bond acceptors (Lipinski definition) is 5. The summed E-state index contributed by atoms with van der Waals surface area (Å²) in [5.41, 5.74) is 6.79. The number of ether oxygens (including phenoxy) is 1. The molecule has 1 aliphatic rings. The molecule has 0 amide bonds. The summed E-state index contributed by atoms with van der Waals surface area (Å²) < 4.78 is 7.15. The highest BCUT2D eigenvalue weighted by molar-refractivity contribution is 7.98. The maximum atomic E-state index is 13.5. The van der Waals surface area contributed by atoms with Crippen LogP contribution >= 0.6 is 23.1 Å². The van der Waals surface area contributed by atoms with Crippen LogP contribution in [0.15, 0.2) is 22.1 Å². The third kappa shape index (κ3) is 4.55. The monoisotopic (exact) mass is 470 g/mol. The number of benzene rings is 1. The molecular weight excluding hydrogens is 436 g/mol. The fourth-order valence-electron chi connectivity index (χ4n) is 4.50. The van der Waals surface area contributed by atoms with Crippen molar-refractivity contribution in [1.29, 1.82) is 0 Å². The average Bonchev–Trinajstić information content (AvgIpc) is 3.10. The third-order valence-electron chi connectivity index (χ3n) is 6.47. The molecule has 0 atom stereocenters. The van der Waals surface area contributed by atoms with Gasteiger partial charge in [-0.05, 0) is 72.8 Å². The van der Waals surface area contributed by atoms with Gasteiger partial charge >= 0.3 is 0 Å². The highest BCUT2D eigenvalue weighted by Crippen LogP contribution is 2.36. The first-order chi connectivity index (χ1) is 15.2. The smallest absolute Gasteiger partial charge is 0.263 e. The highest BCUT2D eigenvalue weighted by Gasteiger charge is 2.23. The van der Waals surface area contributed by atoms with Gasteiger partial charge in [0.2, 0.25) is 0 Å². The number of rotatable bonds is 6. The Labute approximate surface area is 199 Å². The van der Waals surface area contributed by atoms with Gasteiger partial charge < -0.3 is 4.74 Å². The second-order valence-electron chi connectivity index (χ2n) is 9.86. The van der Waals surface area contributed by atoms with Crippen molar-refractivity contribution in [2.75, 3.05) is 13.7 Å². The zero-order valence-corrected chi connectivity index (χ0v) is 21.8. The minimum absolute atomic E-state index is 0.102. The van der Waals surface area contributed by atoms with E-state index >= 15 is 0 Å². The summed E-state index contributed by atoms with van der Waals surface area (Å²) in [5.74, 6) is 0.804. The third-order valence-corrected chi connectivity index (χ3v) is 8.66. The van der Waals surface area contributed by atoms with Crippen LogP contribution in [0.5, 0.6) is 0 Å². The van der Waals surface area contributed by atoms with Crippen molar-refractivity contribution in [1.82, 2.24) is 9.55 Å². The van der Waals surface area contributed by atoms with Gasteiger partial charge in [-0.25, -0.2) is 4.98 Å². The number of aryl methyl sites for hydroxylation is 4. The fourth-order valence-corrected chi connectivity index (χ4v) is 7.02. The summed E-state index contributed by atoms with van der Waals surface area (Å²) in [6, 6.07) is 4.62. The van der Waals surface area contributed by atoms with Crippen molar-refractivity contribution in [3.63, 3.8) is 0 Å². The molecular formula is C26H34N2O2S2. The zero-order valence-electron chi connectivity index (χ0n) is 20.1. The summed E-state index contributed by atoms with van der Waals surface area (Å²) in [7, 11) is 1.68. The van der Waals surface area contributed by atoms with Crippen LogP contribution in [0.25, 0.3) is 10.2 Å². The Morgan fingerprint density at radius 2 is 1.84 bits per heavy atom. The molecule has 0 saturated carbocycles. The molecule has 0 bridgehead atoms. The average molecular weight is 471 g/mol. The second-order valence-corrected chi connectivity index (χ2v) is 11.9. The molecule has 3 aromatic rings. The first-order valence-electron chi connectivity index (χ1n) is 11.5. The van der Waals surface area contributed by atoms with E-state index in [9.17, 15) is 4.79 Å². The summed E-state index contributed by atoms with van der Waals surface area (Å²) in [6.45, 7) is 12.2. The minimum Gasteiger partial charge on any atom is -0.383 e. The summed E-state index contributed by atoms with van der Waals surface area (Å²) >= 11 is 3.39. The number of thiophene rings is 1. The van der Waals surface area contributed by atoms with Gasteiger partial charge in [-0.1, -0.05) is 44.7 Å². The molecule has 2 heterocycles. The summed E-state index contributed by atoms with van der Waals surface area (Å²) in [6.07, 6.45) is 4.45. The zero-order chi connectivity index (χ0) is 23.0. The van der Waals surface area contributed by atoms with E-state index in [0.717, 1.165) is 40.4 Å². The lowest BCUT2D eigenvalue weighted by molar-refractivity contribution is 0.183. The summed E-state index contributed by atoms with van der Waals surface area (Å²) in [5, 5.41) is 1.66. The normalized spacial score (nSPS) is 14.2. The molecule has 32 heavy (non-hydrogen) atoms. The van der Waals surface area contributed by atoms with Crippen LogP contribution in [-0.2, 0) is 35.3 Å². The van der Waals surface area contributed by atoms with Crippen LogP contribution in [0.3, 0.4) is 0 Å². The van der Waals surface area contributed by atoms with Gasteiger partial charge in [0.05, 0.1) is 18.5 Å². The van der Waals surface area contributed by atoms with E-state index in [4.69, 9.17) is 9.72 Å². The van der Waals surface area contributed by atoms with Gasteiger partial charge in [-0.2, -0.15) is 0 Å². The number of fused-ring (bicyclic) bond motifs is 3. The van der Waals surface area contributed by atoms with E-state index in [1.54, 1.807) is 30.2 Å². The number of nitrogens with zero attached hydrogens (tertiary/aromatic N) is 2. The molecule has 0 spiro atoms. The molecule has 1 aliphatic carbocycles. The van der Waals surface area contributed by atoms with E-state index in [-0.39, 0.29) is 11.0 Å². The number of methoxy groups -OCH3 is 1. The Morgan fingerprint density at radius 3 is 2.50 bits per heavy atom. The predicted octanol–water partition coefficient (Wildman–Crippen LogP) is 6.19. The molecule has 0 aliphatic heterocycles. The number of thioether (sulfide) groups is 1. The lowest BCUT2D eigenvalue weighted by atomic mass is 9.84. The Morgan fingerprint density at radius 1 is 1.16 bits per heavy atom. The molecule has 2 aromatic heterocycles. The summed E-state index contributed by atoms with van der Waals surface area (Å²) in [4.78, 5) is 20.8. The van der Waals surface area contributed by atoms with E-state index < -0.39 is 0 Å².